The third-order valence-corrected chi connectivity index (χ3v) is 6.88. The molecule has 0 N–H and O–H groups in total. The fourth-order valence-electron chi connectivity index (χ4n) is 4.72. The zero-order chi connectivity index (χ0) is 14.9. The minimum Gasteiger partial charge on any atom is -0.394 e. The lowest BCUT2D eigenvalue weighted by Gasteiger charge is -2.34. The number of hydrogen-bond acceptors (Lipinski definition) is 3. The van der Waals surface area contributed by atoms with E-state index in [1.165, 1.54) is 57.3 Å². The van der Waals surface area contributed by atoms with E-state index in [1.54, 1.807) is 0 Å². The maximum absolute atomic E-state index is 5.72. The number of likely N-dealkylation sites (tertiary alicyclic amines) is 1. The fourth-order valence-corrected chi connectivity index (χ4v) is 4.72. The fraction of sp³-hybridized carbons (Fsp3) is 0.944. The first-order valence-electron chi connectivity index (χ1n) is 8.96. The van der Waals surface area contributed by atoms with Gasteiger partial charge in [0.05, 0.1) is 5.71 Å². The Bertz CT molecular complexity index is 396. The van der Waals surface area contributed by atoms with E-state index in [4.69, 9.17) is 4.84 Å². The topological polar surface area (TPSA) is 24.8 Å². The Kier molecular flexibility index (Phi) is 4.31. The highest BCUT2D eigenvalue weighted by Crippen LogP contribution is 2.63. The molecule has 3 fully saturated rings. The molecule has 21 heavy (non-hydrogen) atoms. The average Bonchev–Trinajstić information content (AvgIpc) is 2.73. The van der Waals surface area contributed by atoms with Gasteiger partial charge in [0.2, 0.25) is 0 Å². The molecule has 2 unspecified atom stereocenters. The van der Waals surface area contributed by atoms with Gasteiger partial charge in [-0.05, 0) is 56.5 Å². The molecule has 120 valence electrons. The molecular weight excluding hydrogens is 260 g/mol. The summed E-state index contributed by atoms with van der Waals surface area (Å²) in [5.74, 6) is 0.815. The van der Waals surface area contributed by atoms with Crippen molar-refractivity contribution in [2.75, 3.05) is 26.2 Å². The van der Waals surface area contributed by atoms with E-state index in [0.717, 1.165) is 25.5 Å². The summed E-state index contributed by atoms with van der Waals surface area (Å²) >= 11 is 0. The molecule has 2 atom stereocenters. The summed E-state index contributed by atoms with van der Waals surface area (Å²) in [7, 11) is 0. The maximum atomic E-state index is 5.72. The van der Waals surface area contributed by atoms with Gasteiger partial charge in [-0.1, -0.05) is 38.8 Å². The SMILES string of the molecule is CC12CCC(C/C1=N\OCCN1CCCCCC1)C2(C)C. The van der Waals surface area contributed by atoms with Gasteiger partial charge < -0.3 is 4.84 Å². The predicted molar refractivity (Wildman–Crippen MR) is 87.5 cm³/mol. The first-order valence-corrected chi connectivity index (χ1v) is 8.96. The zero-order valence-corrected chi connectivity index (χ0v) is 14.2. The normalized spacial score (nSPS) is 37.9. The van der Waals surface area contributed by atoms with Crippen LogP contribution in [0.2, 0.25) is 0 Å². The number of hydrogen-bond donors (Lipinski definition) is 0. The first-order chi connectivity index (χ1) is 10.0. The first kappa shape index (κ1) is 15.3. The maximum Gasteiger partial charge on any atom is 0.129 e. The summed E-state index contributed by atoms with van der Waals surface area (Å²) in [6.07, 6.45) is 9.32. The Hall–Kier alpha value is -0.570. The van der Waals surface area contributed by atoms with Crippen molar-refractivity contribution in [3.63, 3.8) is 0 Å². The molecule has 3 rings (SSSR count). The van der Waals surface area contributed by atoms with Crippen LogP contribution in [0.5, 0.6) is 0 Å². The van der Waals surface area contributed by atoms with Crippen molar-refractivity contribution in [1.82, 2.24) is 4.90 Å². The molecule has 0 amide bonds. The molecule has 1 aliphatic heterocycles. The second-order valence-corrected chi connectivity index (χ2v) is 8.12. The van der Waals surface area contributed by atoms with E-state index in [9.17, 15) is 0 Å². The molecule has 0 aromatic rings. The van der Waals surface area contributed by atoms with Crippen LogP contribution in [0.25, 0.3) is 0 Å². The Morgan fingerprint density at radius 2 is 1.86 bits per heavy atom. The Labute approximate surface area is 130 Å². The molecule has 1 saturated heterocycles. The van der Waals surface area contributed by atoms with Crippen LogP contribution in [0.4, 0.5) is 0 Å². The predicted octanol–water partition coefficient (Wildman–Crippen LogP) is 4.08. The lowest BCUT2D eigenvalue weighted by Crippen LogP contribution is -2.33. The van der Waals surface area contributed by atoms with E-state index < -0.39 is 0 Å². The smallest absolute Gasteiger partial charge is 0.129 e. The molecule has 0 aromatic heterocycles. The van der Waals surface area contributed by atoms with Gasteiger partial charge in [-0.15, -0.1) is 0 Å². The van der Waals surface area contributed by atoms with E-state index in [2.05, 4.69) is 30.8 Å². The number of nitrogens with zero attached hydrogens (tertiary/aromatic N) is 2. The largest absolute Gasteiger partial charge is 0.394 e. The number of rotatable bonds is 4. The lowest BCUT2D eigenvalue weighted by molar-refractivity contribution is 0.107. The van der Waals surface area contributed by atoms with Gasteiger partial charge >= 0.3 is 0 Å². The molecule has 1 heterocycles. The number of oxime groups is 1. The van der Waals surface area contributed by atoms with Gasteiger partial charge in [0.1, 0.15) is 6.61 Å². The molecule has 2 saturated carbocycles. The van der Waals surface area contributed by atoms with E-state index in [0.29, 0.717) is 5.41 Å². The van der Waals surface area contributed by atoms with E-state index in [-0.39, 0.29) is 5.41 Å². The summed E-state index contributed by atoms with van der Waals surface area (Å²) in [4.78, 5) is 8.26. The summed E-state index contributed by atoms with van der Waals surface area (Å²) in [6, 6.07) is 0. The quantitative estimate of drug-likeness (QED) is 0.576. The van der Waals surface area contributed by atoms with Crippen molar-refractivity contribution in [2.45, 2.75) is 65.7 Å². The molecular formula is C18H32N2O. The van der Waals surface area contributed by atoms with Crippen molar-refractivity contribution < 1.29 is 4.84 Å². The van der Waals surface area contributed by atoms with Crippen molar-refractivity contribution in [3.05, 3.63) is 0 Å². The standard InChI is InChI=1S/C18H32N2O/c1-17(2)15-8-9-18(17,3)16(14-15)19-21-13-12-20-10-6-4-5-7-11-20/h15H,4-14H2,1-3H3/b19-16+. The van der Waals surface area contributed by atoms with Gasteiger partial charge in [-0.3, -0.25) is 4.90 Å². The summed E-state index contributed by atoms with van der Waals surface area (Å²) in [6.45, 7) is 11.5. The van der Waals surface area contributed by atoms with Crippen LogP contribution >= 0.6 is 0 Å². The van der Waals surface area contributed by atoms with Crippen LogP contribution in [0, 0.1) is 16.7 Å². The third-order valence-electron chi connectivity index (χ3n) is 6.88. The van der Waals surface area contributed by atoms with Crippen LogP contribution in [-0.4, -0.2) is 36.9 Å². The van der Waals surface area contributed by atoms with Gasteiger partial charge in [0.15, 0.2) is 0 Å². The zero-order valence-electron chi connectivity index (χ0n) is 14.2. The second-order valence-electron chi connectivity index (χ2n) is 8.12. The number of fused-ring (bicyclic) bond motifs is 2. The van der Waals surface area contributed by atoms with E-state index >= 15 is 0 Å². The van der Waals surface area contributed by atoms with Crippen LogP contribution < -0.4 is 0 Å². The lowest BCUT2D eigenvalue weighted by atomic mass is 9.70. The van der Waals surface area contributed by atoms with Gasteiger partial charge in [0.25, 0.3) is 0 Å². The molecule has 0 radical (unpaired) electrons. The molecule has 2 bridgehead atoms. The van der Waals surface area contributed by atoms with Crippen molar-refractivity contribution in [3.8, 4) is 0 Å². The minimum atomic E-state index is 0.278. The third kappa shape index (κ3) is 2.74. The monoisotopic (exact) mass is 292 g/mol. The van der Waals surface area contributed by atoms with Gasteiger partial charge in [-0.2, -0.15) is 0 Å². The second kappa shape index (κ2) is 5.91. The van der Waals surface area contributed by atoms with Crippen molar-refractivity contribution >= 4 is 5.71 Å². The highest BCUT2D eigenvalue weighted by Gasteiger charge is 2.60. The van der Waals surface area contributed by atoms with Crippen LogP contribution in [0.1, 0.15) is 65.7 Å². The molecule has 3 nitrogen and oxygen atoms in total. The molecule has 3 aliphatic rings. The average molecular weight is 292 g/mol. The highest BCUT2D eigenvalue weighted by molar-refractivity contribution is 5.93. The Morgan fingerprint density at radius 1 is 1.14 bits per heavy atom. The van der Waals surface area contributed by atoms with Crippen molar-refractivity contribution in [1.29, 1.82) is 0 Å². The summed E-state index contributed by atoms with van der Waals surface area (Å²) in [5, 5.41) is 4.57. The molecule has 0 aromatic carbocycles. The Balaban J connectivity index is 1.49. The Morgan fingerprint density at radius 3 is 2.43 bits per heavy atom. The molecule has 0 spiro atoms. The summed E-state index contributed by atoms with van der Waals surface area (Å²) in [5.41, 5.74) is 2.01. The van der Waals surface area contributed by atoms with Crippen LogP contribution in [0.3, 0.4) is 0 Å². The molecule has 3 heteroatoms. The minimum absolute atomic E-state index is 0.278. The molecule has 2 aliphatic carbocycles. The van der Waals surface area contributed by atoms with Crippen LogP contribution in [0.15, 0.2) is 5.16 Å². The van der Waals surface area contributed by atoms with Gasteiger partial charge in [0, 0.05) is 12.0 Å². The van der Waals surface area contributed by atoms with Crippen molar-refractivity contribution in [2.24, 2.45) is 21.9 Å². The van der Waals surface area contributed by atoms with Gasteiger partial charge in [-0.25, -0.2) is 0 Å². The summed E-state index contributed by atoms with van der Waals surface area (Å²) < 4.78 is 0. The van der Waals surface area contributed by atoms with E-state index in [1.807, 2.05) is 0 Å². The highest BCUT2D eigenvalue weighted by atomic mass is 16.6. The van der Waals surface area contributed by atoms with Crippen LogP contribution in [-0.2, 0) is 4.84 Å².